The summed E-state index contributed by atoms with van der Waals surface area (Å²) >= 11 is 0. The van der Waals surface area contributed by atoms with Crippen LogP contribution in [-0.4, -0.2) is 29.5 Å². The molecule has 0 aromatic rings. The van der Waals surface area contributed by atoms with Crippen LogP contribution in [0.5, 0.6) is 0 Å². The lowest BCUT2D eigenvalue weighted by Crippen LogP contribution is -2.45. The van der Waals surface area contributed by atoms with Gasteiger partial charge in [-0.25, -0.2) is 0 Å². The summed E-state index contributed by atoms with van der Waals surface area (Å²) in [4.78, 5) is 0. The van der Waals surface area contributed by atoms with Crippen molar-refractivity contribution in [3.8, 4) is 0 Å². The van der Waals surface area contributed by atoms with Gasteiger partial charge < -0.3 is 10.4 Å². The van der Waals surface area contributed by atoms with Crippen LogP contribution in [0.3, 0.4) is 0 Å². The minimum Gasteiger partial charge on any atom is -0.389 e. The normalized spacial score (nSPS) is 21.8. The van der Waals surface area contributed by atoms with Gasteiger partial charge in [0.05, 0.1) is 5.60 Å². The van der Waals surface area contributed by atoms with Crippen molar-refractivity contribution in [2.45, 2.75) is 76.1 Å². The van der Waals surface area contributed by atoms with E-state index >= 15 is 0 Å². The number of aliphatic hydroxyl groups is 1. The fourth-order valence-corrected chi connectivity index (χ4v) is 2.46. The third-order valence-electron chi connectivity index (χ3n) is 3.66. The molecule has 108 valence electrons. The van der Waals surface area contributed by atoms with E-state index in [2.05, 4.69) is 5.32 Å². The second kappa shape index (κ2) is 6.75. The minimum atomic E-state index is -4.05. The van der Waals surface area contributed by atoms with Gasteiger partial charge in [-0.15, -0.1) is 0 Å². The Morgan fingerprint density at radius 2 is 1.83 bits per heavy atom. The number of rotatable bonds is 6. The molecule has 0 amide bonds. The van der Waals surface area contributed by atoms with Gasteiger partial charge in [0.25, 0.3) is 0 Å². The standard InChI is InChI=1S/C13H24F3NO/c1-11(6-5-9-13(14,15)16)17-10-12(18)7-3-2-4-8-12/h11,17-18H,2-10H2,1H3. The van der Waals surface area contributed by atoms with Gasteiger partial charge in [-0.3, -0.25) is 0 Å². The van der Waals surface area contributed by atoms with Crippen molar-refractivity contribution in [3.63, 3.8) is 0 Å². The molecule has 1 fully saturated rings. The lowest BCUT2D eigenvalue weighted by atomic mass is 9.84. The summed E-state index contributed by atoms with van der Waals surface area (Å²) in [6.45, 7) is 2.38. The molecule has 1 aliphatic rings. The first-order valence-corrected chi connectivity index (χ1v) is 6.83. The summed E-state index contributed by atoms with van der Waals surface area (Å²) in [6.07, 6.45) is 0.728. The molecular formula is C13H24F3NO. The molecule has 2 nitrogen and oxygen atoms in total. The Hall–Kier alpha value is -0.290. The average Bonchev–Trinajstić information content (AvgIpc) is 2.26. The maximum atomic E-state index is 12.0. The fourth-order valence-electron chi connectivity index (χ4n) is 2.46. The molecule has 18 heavy (non-hydrogen) atoms. The van der Waals surface area contributed by atoms with Crippen molar-refractivity contribution >= 4 is 0 Å². The van der Waals surface area contributed by atoms with E-state index in [1.807, 2.05) is 6.92 Å². The predicted octanol–water partition coefficient (Wildman–Crippen LogP) is 3.39. The number of alkyl halides is 3. The molecule has 1 rings (SSSR count). The molecule has 0 radical (unpaired) electrons. The summed E-state index contributed by atoms with van der Waals surface area (Å²) in [7, 11) is 0. The van der Waals surface area contributed by atoms with E-state index in [1.165, 1.54) is 6.42 Å². The zero-order chi connectivity index (χ0) is 13.6. The summed E-state index contributed by atoms with van der Waals surface area (Å²) in [5.74, 6) is 0. The first-order chi connectivity index (χ1) is 8.31. The Morgan fingerprint density at radius 3 is 2.39 bits per heavy atom. The smallest absolute Gasteiger partial charge is 0.389 e. The number of hydrogen-bond acceptors (Lipinski definition) is 2. The van der Waals surface area contributed by atoms with Gasteiger partial charge in [-0.05, 0) is 32.6 Å². The van der Waals surface area contributed by atoms with E-state index in [4.69, 9.17) is 0 Å². The number of halogens is 3. The van der Waals surface area contributed by atoms with Gasteiger partial charge >= 0.3 is 6.18 Å². The molecule has 0 aliphatic heterocycles. The maximum absolute atomic E-state index is 12.0. The van der Waals surface area contributed by atoms with E-state index in [0.717, 1.165) is 25.7 Å². The Kier molecular flexibility index (Phi) is 5.92. The third-order valence-corrected chi connectivity index (χ3v) is 3.66. The quantitative estimate of drug-likeness (QED) is 0.773. The van der Waals surface area contributed by atoms with Crippen LogP contribution in [0, 0.1) is 0 Å². The average molecular weight is 267 g/mol. The third kappa shape index (κ3) is 6.59. The van der Waals surface area contributed by atoms with Gasteiger partial charge in [0, 0.05) is 19.0 Å². The molecule has 5 heteroatoms. The molecular weight excluding hydrogens is 243 g/mol. The molecule has 1 unspecified atom stereocenters. The van der Waals surface area contributed by atoms with Crippen molar-refractivity contribution in [1.29, 1.82) is 0 Å². The molecule has 1 atom stereocenters. The van der Waals surface area contributed by atoms with Crippen LogP contribution < -0.4 is 5.32 Å². The first kappa shape index (κ1) is 15.8. The van der Waals surface area contributed by atoms with Crippen molar-refractivity contribution in [3.05, 3.63) is 0 Å². The van der Waals surface area contributed by atoms with Gasteiger partial charge in [-0.2, -0.15) is 13.2 Å². The van der Waals surface area contributed by atoms with Crippen LogP contribution in [0.15, 0.2) is 0 Å². The second-order valence-corrected chi connectivity index (χ2v) is 5.57. The Labute approximate surface area is 107 Å². The number of hydrogen-bond donors (Lipinski definition) is 2. The van der Waals surface area contributed by atoms with Gasteiger partial charge in [-0.1, -0.05) is 19.3 Å². The van der Waals surface area contributed by atoms with E-state index < -0.39 is 18.2 Å². The maximum Gasteiger partial charge on any atom is 0.389 e. The predicted molar refractivity (Wildman–Crippen MR) is 65.4 cm³/mol. The van der Waals surface area contributed by atoms with E-state index in [1.54, 1.807) is 0 Å². The molecule has 0 spiro atoms. The zero-order valence-electron chi connectivity index (χ0n) is 11.0. The molecule has 0 aromatic heterocycles. The lowest BCUT2D eigenvalue weighted by Gasteiger charge is -2.33. The van der Waals surface area contributed by atoms with Crippen molar-refractivity contribution < 1.29 is 18.3 Å². The lowest BCUT2D eigenvalue weighted by molar-refractivity contribution is -0.135. The van der Waals surface area contributed by atoms with Crippen molar-refractivity contribution in [1.82, 2.24) is 5.32 Å². The molecule has 0 saturated heterocycles. The van der Waals surface area contributed by atoms with E-state index in [0.29, 0.717) is 13.0 Å². The summed E-state index contributed by atoms with van der Waals surface area (Å²) in [5.41, 5.74) is -0.642. The summed E-state index contributed by atoms with van der Waals surface area (Å²) < 4.78 is 35.9. The van der Waals surface area contributed by atoms with Crippen molar-refractivity contribution in [2.24, 2.45) is 0 Å². The van der Waals surface area contributed by atoms with E-state index in [9.17, 15) is 18.3 Å². The Morgan fingerprint density at radius 1 is 1.22 bits per heavy atom. The minimum absolute atomic E-state index is 0.0262. The highest BCUT2D eigenvalue weighted by atomic mass is 19.4. The highest BCUT2D eigenvalue weighted by Crippen LogP contribution is 2.27. The van der Waals surface area contributed by atoms with E-state index in [-0.39, 0.29) is 12.5 Å². The van der Waals surface area contributed by atoms with Gasteiger partial charge in [0.2, 0.25) is 0 Å². The van der Waals surface area contributed by atoms with Gasteiger partial charge in [0.1, 0.15) is 0 Å². The highest BCUT2D eigenvalue weighted by molar-refractivity contribution is 4.85. The zero-order valence-corrected chi connectivity index (χ0v) is 11.0. The SMILES string of the molecule is CC(CCCC(F)(F)F)NCC1(O)CCCCC1. The monoisotopic (exact) mass is 267 g/mol. The summed E-state index contributed by atoms with van der Waals surface area (Å²) in [5, 5.41) is 13.4. The number of nitrogens with one attached hydrogen (secondary N) is 1. The second-order valence-electron chi connectivity index (χ2n) is 5.57. The molecule has 1 saturated carbocycles. The topological polar surface area (TPSA) is 32.3 Å². The fraction of sp³-hybridized carbons (Fsp3) is 1.00. The first-order valence-electron chi connectivity index (χ1n) is 6.83. The van der Waals surface area contributed by atoms with Crippen LogP contribution in [0.2, 0.25) is 0 Å². The van der Waals surface area contributed by atoms with Crippen LogP contribution in [-0.2, 0) is 0 Å². The van der Waals surface area contributed by atoms with Crippen LogP contribution in [0.4, 0.5) is 13.2 Å². The van der Waals surface area contributed by atoms with Crippen molar-refractivity contribution in [2.75, 3.05) is 6.54 Å². The molecule has 0 bridgehead atoms. The Balaban J connectivity index is 2.14. The molecule has 2 N–H and O–H groups in total. The highest BCUT2D eigenvalue weighted by Gasteiger charge is 2.29. The van der Waals surface area contributed by atoms with Crippen LogP contribution >= 0.6 is 0 Å². The largest absolute Gasteiger partial charge is 0.389 e. The summed E-state index contributed by atoms with van der Waals surface area (Å²) in [6, 6.07) is 0.0262. The molecule has 0 aromatic carbocycles. The Bertz CT molecular complexity index is 237. The van der Waals surface area contributed by atoms with Crippen LogP contribution in [0.25, 0.3) is 0 Å². The molecule has 1 aliphatic carbocycles. The van der Waals surface area contributed by atoms with Gasteiger partial charge in [0.15, 0.2) is 0 Å². The van der Waals surface area contributed by atoms with Crippen LogP contribution in [0.1, 0.15) is 58.3 Å². The molecule has 0 heterocycles.